The lowest BCUT2D eigenvalue weighted by atomic mass is 10.1. The summed E-state index contributed by atoms with van der Waals surface area (Å²) in [7, 11) is 0. The van der Waals surface area contributed by atoms with Crippen molar-refractivity contribution < 1.29 is 19.1 Å². The Balaban J connectivity index is 1.47. The molecule has 3 rings (SSSR count). The molecule has 4 N–H and O–H groups in total. The molecule has 138 valence electrons. The first-order valence-corrected chi connectivity index (χ1v) is 10.6. The van der Waals surface area contributed by atoms with Crippen LogP contribution in [-0.2, 0) is 28.2 Å². The monoisotopic (exact) mass is 411 g/mol. The summed E-state index contributed by atoms with van der Waals surface area (Å²) in [6.07, 6.45) is 0.759. The Morgan fingerprint density at radius 3 is 2.92 bits per heavy atom. The minimum atomic E-state index is -0.694. The van der Waals surface area contributed by atoms with Crippen LogP contribution in [0.1, 0.15) is 25.7 Å². The highest BCUT2D eigenvalue weighted by Crippen LogP contribution is 2.38. The van der Waals surface area contributed by atoms with Gasteiger partial charge in [0.15, 0.2) is 6.61 Å². The van der Waals surface area contributed by atoms with Gasteiger partial charge in [0.25, 0.3) is 5.91 Å². The van der Waals surface area contributed by atoms with Crippen LogP contribution in [0.2, 0.25) is 0 Å². The maximum atomic E-state index is 12.3. The Labute approximate surface area is 162 Å². The van der Waals surface area contributed by atoms with Gasteiger partial charge in [0.1, 0.15) is 5.00 Å². The first-order chi connectivity index (χ1) is 12.5. The van der Waals surface area contributed by atoms with Gasteiger partial charge in [-0.25, -0.2) is 9.59 Å². The molecule has 10 heteroatoms. The number of hydrogen-bond acceptors (Lipinski definition) is 8. The minimum absolute atomic E-state index is 0.326. The van der Waals surface area contributed by atoms with Crippen molar-refractivity contribution in [1.82, 2.24) is 10.6 Å². The van der Waals surface area contributed by atoms with Gasteiger partial charge in [-0.15, -0.1) is 22.7 Å². The lowest BCUT2D eigenvalue weighted by Gasteiger charge is -2.12. The van der Waals surface area contributed by atoms with Gasteiger partial charge in [-0.05, 0) is 29.2 Å². The molecule has 0 saturated carbocycles. The van der Waals surface area contributed by atoms with Crippen molar-refractivity contribution in [3.63, 3.8) is 0 Å². The highest BCUT2D eigenvalue weighted by Gasteiger charge is 2.25. The first-order valence-electron chi connectivity index (χ1n) is 7.79. The van der Waals surface area contributed by atoms with Crippen molar-refractivity contribution in [1.29, 1.82) is 0 Å². The van der Waals surface area contributed by atoms with Crippen LogP contribution in [0.25, 0.3) is 0 Å². The van der Waals surface area contributed by atoms with Gasteiger partial charge in [-0.2, -0.15) is 11.8 Å². The van der Waals surface area contributed by atoms with Crippen molar-refractivity contribution in [2.75, 3.05) is 18.1 Å². The fraction of sp³-hybridized carbons (Fsp3) is 0.312. The summed E-state index contributed by atoms with van der Waals surface area (Å²) in [5, 5.41) is 7.00. The molecule has 3 amide bonds. The molecule has 3 heterocycles. The maximum Gasteiger partial charge on any atom is 0.341 e. The van der Waals surface area contributed by atoms with Gasteiger partial charge in [-0.1, -0.05) is 6.07 Å². The van der Waals surface area contributed by atoms with Crippen molar-refractivity contribution in [3.05, 3.63) is 38.4 Å². The van der Waals surface area contributed by atoms with E-state index >= 15 is 0 Å². The molecule has 1 aliphatic heterocycles. The largest absolute Gasteiger partial charge is 0.452 e. The number of nitrogens with two attached hydrogens (primary N) is 1. The molecule has 0 unspecified atom stereocenters. The minimum Gasteiger partial charge on any atom is -0.452 e. The van der Waals surface area contributed by atoms with Crippen LogP contribution in [-0.4, -0.2) is 30.3 Å². The number of carbonyl (C=O) groups is 3. The van der Waals surface area contributed by atoms with E-state index in [9.17, 15) is 14.4 Å². The number of anilines is 1. The normalized spacial score (nSPS) is 12.9. The average Bonchev–Trinajstić information content (AvgIpc) is 3.24. The zero-order valence-electron chi connectivity index (χ0n) is 13.7. The van der Waals surface area contributed by atoms with E-state index in [2.05, 4.69) is 10.6 Å². The van der Waals surface area contributed by atoms with Gasteiger partial charge in [-0.3, -0.25) is 10.1 Å². The quantitative estimate of drug-likeness (QED) is 0.652. The Hall–Kier alpha value is -2.04. The summed E-state index contributed by atoms with van der Waals surface area (Å²) in [6.45, 7) is -0.212. The van der Waals surface area contributed by atoms with Crippen LogP contribution in [0.15, 0.2) is 17.5 Å². The van der Waals surface area contributed by atoms with Crippen LogP contribution in [0.5, 0.6) is 0 Å². The van der Waals surface area contributed by atoms with Gasteiger partial charge >= 0.3 is 12.0 Å². The molecule has 0 atom stereocenters. The topological polar surface area (TPSA) is 111 Å². The number of hydrogen-bond donors (Lipinski definition) is 3. The molecule has 0 aliphatic carbocycles. The Morgan fingerprint density at radius 1 is 1.31 bits per heavy atom. The zero-order chi connectivity index (χ0) is 18.5. The predicted molar refractivity (Wildman–Crippen MR) is 104 cm³/mol. The summed E-state index contributed by atoms with van der Waals surface area (Å²) in [4.78, 5) is 37.8. The van der Waals surface area contributed by atoms with E-state index < -0.39 is 24.5 Å². The van der Waals surface area contributed by atoms with E-state index in [0.29, 0.717) is 17.1 Å². The highest BCUT2D eigenvalue weighted by atomic mass is 32.2. The third-order valence-corrected chi connectivity index (χ3v) is 6.75. The van der Waals surface area contributed by atoms with Crippen LogP contribution in [0.3, 0.4) is 0 Å². The van der Waals surface area contributed by atoms with E-state index in [-0.39, 0.29) is 0 Å². The van der Waals surface area contributed by atoms with E-state index in [4.69, 9.17) is 10.5 Å². The molecule has 26 heavy (non-hydrogen) atoms. The number of nitrogens with one attached hydrogen (secondary N) is 2. The van der Waals surface area contributed by atoms with Gasteiger partial charge in [0, 0.05) is 15.5 Å². The molecule has 7 nitrogen and oxygen atoms in total. The molecule has 0 bridgehead atoms. The fourth-order valence-electron chi connectivity index (χ4n) is 2.47. The van der Waals surface area contributed by atoms with Gasteiger partial charge in [0.05, 0.1) is 12.1 Å². The molecular formula is C16H17N3O4S3. The summed E-state index contributed by atoms with van der Waals surface area (Å²) in [5.41, 5.74) is 7.22. The molecule has 2 aromatic rings. The number of carbonyl (C=O) groups excluding carboxylic acids is 3. The van der Waals surface area contributed by atoms with Crippen LogP contribution in [0.4, 0.5) is 9.80 Å². The molecule has 0 aromatic carbocycles. The SMILES string of the molecule is Nc1sc2c(c1C(=O)OCC(=O)NC(=O)NCc1cccs1)CCSC2. The number of fused-ring (bicyclic) bond motifs is 1. The van der Waals surface area contributed by atoms with Crippen LogP contribution in [0, 0.1) is 0 Å². The number of imide groups is 1. The molecular weight excluding hydrogens is 394 g/mol. The highest BCUT2D eigenvalue weighted by molar-refractivity contribution is 7.98. The standard InChI is InChI=1S/C16H17N3O4S3/c17-14-13(10-3-5-24-8-11(10)26-14)15(21)23-7-12(20)19-16(22)18-6-9-2-1-4-25-9/h1-2,4H,3,5-8,17H2,(H2,18,19,20,22). The average molecular weight is 412 g/mol. The van der Waals surface area contributed by atoms with Crippen molar-refractivity contribution in [3.8, 4) is 0 Å². The third kappa shape index (κ3) is 4.57. The maximum absolute atomic E-state index is 12.3. The fourth-order valence-corrected chi connectivity index (χ4v) is 5.35. The lowest BCUT2D eigenvalue weighted by molar-refractivity contribution is -0.123. The number of thioether (sulfide) groups is 1. The lowest BCUT2D eigenvalue weighted by Crippen LogP contribution is -2.41. The molecule has 0 radical (unpaired) electrons. The summed E-state index contributed by atoms with van der Waals surface area (Å²) in [5.74, 6) is 0.442. The van der Waals surface area contributed by atoms with E-state index in [1.807, 2.05) is 17.5 Å². The Morgan fingerprint density at radius 2 is 2.15 bits per heavy atom. The number of esters is 1. The van der Waals surface area contributed by atoms with Crippen molar-refractivity contribution in [2.45, 2.75) is 18.7 Å². The third-order valence-electron chi connectivity index (χ3n) is 3.64. The summed E-state index contributed by atoms with van der Waals surface area (Å²) >= 11 is 4.68. The summed E-state index contributed by atoms with van der Waals surface area (Å²) in [6, 6.07) is 3.11. The first kappa shape index (κ1) is 18.7. The Kier molecular flexibility index (Phi) is 6.17. The number of ether oxygens (including phenoxy) is 1. The van der Waals surface area contributed by atoms with Crippen LogP contribution < -0.4 is 16.4 Å². The second-order valence-corrected chi connectivity index (χ2v) is 8.71. The van der Waals surface area contributed by atoms with Crippen molar-refractivity contribution >= 4 is 57.3 Å². The molecule has 0 spiro atoms. The number of urea groups is 1. The van der Waals surface area contributed by atoms with E-state index in [1.54, 1.807) is 11.8 Å². The number of rotatable bonds is 5. The number of thiophene rings is 2. The Bertz CT molecular complexity index is 817. The van der Waals surface area contributed by atoms with Gasteiger partial charge in [0.2, 0.25) is 0 Å². The number of amides is 3. The van der Waals surface area contributed by atoms with Crippen molar-refractivity contribution in [2.24, 2.45) is 0 Å². The van der Waals surface area contributed by atoms with E-state index in [1.165, 1.54) is 22.7 Å². The number of nitrogen functional groups attached to an aromatic ring is 1. The van der Waals surface area contributed by atoms with Crippen LogP contribution >= 0.6 is 34.4 Å². The van der Waals surface area contributed by atoms with E-state index in [0.717, 1.165) is 33.2 Å². The second-order valence-electron chi connectivity index (χ2n) is 5.43. The zero-order valence-corrected chi connectivity index (χ0v) is 16.2. The van der Waals surface area contributed by atoms with Gasteiger partial charge < -0.3 is 15.8 Å². The molecule has 1 aliphatic rings. The smallest absolute Gasteiger partial charge is 0.341 e. The molecule has 0 fully saturated rings. The second kappa shape index (κ2) is 8.56. The predicted octanol–water partition coefficient (Wildman–Crippen LogP) is 2.36. The molecule has 0 saturated heterocycles. The molecule has 2 aromatic heterocycles. The summed E-state index contributed by atoms with van der Waals surface area (Å²) < 4.78 is 5.04.